The van der Waals surface area contributed by atoms with Crippen LogP contribution in [0, 0.1) is 6.92 Å². The van der Waals surface area contributed by atoms with Gasteiger partial charge < -0.3 is 5.73 Å². The Hall–Kier alpha value is -0.950. The van der Waals surface area contributed by atoms with Gasteiger partial charge in [0.05, 0.1) is 0 Å². The summed E-state index contributed by atoms with van der Waals surface area (Å²) in [5.41, 5.74) is 8.39. The smallest absolute Gasteiger partial charge is 0.328 e. The topological polar surface area (TPSA) is 101 Å². The fraction of sp³-hybridized carbons (Fsp3) is 0.400. The Morgan fingerprint density at radius 2 is 1.75 bits per heavy atom. The first-order valence-corrected chi connectivity index (χ1v) is 6.10. The van der Waals surface area contributed by atoms with E-state index in [4.69, 9.17) is 23.3 Å². The first-order valence-electron chi connectivity index (χ1n) is 4.70. The molecule has 1 atom stereocenters. The number of rotatable bonds is 2. The molecule has 16 heavy (non-hydrogen) atoms. The van der Waals surface area contributed by atoms with Crippen LogP contribution in [0.25, 0.3) is 0 Å². The predicted molar refractivity (Wildman–Crippen MR) is 62.7 cm³/mol. The van der Waals surface area contributed by atoms with Crippen LogP contribution in [0.3, 0.4) is 0 Å². The van der Waals surface area contributed by atoms with Crippen molar-refractivity contribution in [3.63, 3.8) is 0 Å². The van der Waals surface area contributed by atoms with Gasteiger partial charge in [-0.3, -0.25) is 9.11 Å². The minimum atomic E-state index is -4.67. The highest BCUT2D eigenvalue weighted by atomic mass is 32.3. The summed E-state index contributed by atoms with van der Waals surface area (Å²) in [4.78, 5) is 0. The molecule has 0 saturated heterocycles. The summed E-state index contributed by atoms with van der Waals surface area (Å²) in [6.45, 7) is 4.16. The zero-order valence-corrected chi connectivity index (χ0v) is 10.1. The molecule has 0 fully saturated rings. The van der Waals surface area contributed by atoms with E-state index in [-0.39, 0.29) is 6.04 Å². The van der Waals surface area contributed by atoms with Crippen LogP contribution in [-0.4, -0.2) is 23.6 Å². The summed E-state index contributed by atoms with van der Waals surface area (Å²) < 4.78 is 31.6. The molecule has 0 aliphatic heterocycles. The molecule has 0 aliphatic rings. The maximum Gasteiger partial charge on any atom is 0.394 e. The van der Waals surface area contributed by atoms with Crippen molar-refractivity contribution < 1.29 is 17.5 Å². The molecular weight excluding hydrogens is 230 g/mol. The lowest BCUT2D eigenvalue weighted by Gasteiger charge is -2.07. The molecule has 0 aromatic heterocycles. The Morgan fingerprint density at radius 3 is 2.12 bits per heavy atom. The molecule has 1 aromatic carbocycles. The van der Waals surface area contributed by atoms with Crippen molar-refractivity contribution in [2.45, 2.75) is 26.3 Å². The van der Waals surface area contributed by atoms with Gasteiger partial charge in [0.1, 0.15) is 0 Å². The number of aryl methyl sites for hydroxylation is 1. The van der Waals surface area contributed by atoms with E-state index >= 15 is 0 Å². The van der Waals surface area contributed by atoms with Gasteiger partial charge in [-0.15, -0.1) is 0 Å². The molecule has 0 bridgehead atoms. The van der Waals surface area contributed by atoms with E-state index in [1.54, 1.807) is 0 Å². The van der Waals surface area contributed by atoms with E-state index in [1.807, 2.05) is 6.92 Å². The van der Waals surface area contributed by atoms with Crippen LogP contribution in [0.1, 0.15) is 18.1 Å². The number of hydrogen-bond donors (Lipinski definition) is 3. The molecule has 92 valence electrons. The fourth-order valence-electron chi connectivity index (χ4n) is 1.19. The lowest BCUT2D eigenvalue weighted by Crippen LogP contribution is -2.18. The number of hydrogen-bond acceptors (Lipinski definition) is 3. The van der Waals surface area contributed by atoms with Crippen molar-refractivity contribution in [2.75, 3.05) is 0 Å². The predicted octanol–water partition coefficient (Wildman–Crippen LogP) is 1.23. The molecular formula is C10H17NO4S. The highest BCUT2D eigenvalue weighted by Crippen LogP contribution is 2.08. The number of nitrogens with two attached hydrogens (primary N) is 1. The first kappa shape index (κ1) is 15.0. The van der Waals surface area contributed by atoms with Gasteiger partial charge in [-0.1, -0.05) is 24.3 Å². The molecule has 1 rings (SSSR count). The van der Waals surface area contributed by atoms with E-state index in [1.165, 1.54) is 11.1 Å². The summed E-state index contributed by atoms with van der Waals surface area (Å²) in [5.74, 6) is 0. The normalized spacial score (nSPS) is 12.6. The third-order valence-electron chi connectivity index (χ3n) is 1.80. The molecule has 0 amide bonds. The third kappa shape index (κ3) is 9.60. The summed E-state index contributed by atoms with van der Waals surface area (Å²) >= 11 is 0. The Bertz CT molecular complexity index is 407. The van der Waals surface area contributed by atoms with Gasteiger partial charge in [0, 0.05) is 6.04 Å². The minimum Gasteiger partial charge on any atom is -0.328 e. The van der Waals surface area contributed by atoms with E-state index in [2.05, 4.69) is 31.2 Å². The van der Waals surface area contributed by atoms with E-state index in [0.717, 1.165) is 6.42 Å². The summed E-state index contributed by atoms with van der Waals surface area (Å²) in [5, 5.41) is 0. The molecule has 0 radical (unpaired) electrons. The average Bonchev–Trinajstić information content (AvgIpc) is 2.05. The van der Waals surface area contributed by atoms with Gasteiger partial charge in [0.2, 0.25) is 0 Å². The standard InChI is InChI=1S/C10H15N.H2O4S/c1-8-5-3-4-6-10(8)7-9(2)11;1-5(2,3)4/h3-6,9H,7,11H2,1-2H3;(H2,1,2,3,4). The van der Waals surface area contributed by atoms with Crippen molar-refractivity contribution >= 4 is 10.4 Å². The molecule has 0 aliphatic carbocycles. The Morgan fingerprint density at radius 1 is 1.31 bits per heavy atom. The van der Waals surface area contributed by atoms with Gasteiger partial charge in [-0.2, -0.15) is 8.42 Å². The van der Waals surface area contributed by atoms with Crippen LogP contribution in [0.5, 0.6) is 0 Å². The first-order chi connectivity index (χ1) is 7.20. The van der Waals surface area contributed by atoms with Crippen molar-refractivity contribution in [1.82, 2.24) is 0 Å². The second-order valence-electron chi connectivity index (χ2n) is 3.56. The van der Waals surface area contributed by atoms with Crippen LogP contribution in [0.15, 0.2) is 24.3 Å². The molecule has 1 unspecified atom stereocenters. The Balaban J connectivity index is 0.000000385. The number of benzene rings is 1. The second kappa shape index (κ2) is 6.59. The van der Waals surface area contributed by atoms with Gasteiger partial charge in [0.15, 0.2) is 0 Å². The summed E-state index contributed by atoms with van der Waals surface area (Å²) in [6, 6.07) is 8.64. The maximum absolute atomic E-state index is 8.74. The average molecular weight is 247 g/mol. The summed E-state index contributed by atoms with van der Waals surface area (Å²) in [6.07, 6.45) is 0.979. The highest BCUT2D eigenvalue weighted by Gasteiger charge is 1.99. The molecule has 5 nitrogen and oxygen atoms in total. The molecule has 0 spiro atoms. The third-order valence-corrected chi connectivity index (χ3v) is 1.80. The van der Waals surface area contributed by atoms with Gasteiger partial charge in [0.25, 0.3) is 0 Å². The Kier molecular flexibility index (Phi) is 6.20. The quantitative estimate of drug-likeness (QED) is 0.682. The van der Waals surface area contributed by atoms with E-state index in [9.17, 15) is 0 Å². The largest absolute Gasteiger partial charge is 0.394 e. The highest BCUT2D eigenvalue weighted by molar-refractivity contribution is 7.79. The fourth-order valence-corrected chi connectivity index (χ4v) is 1.19. The van der Waals surface area contributed by atoms with Crippen molar-refractivity contribution in [2.24, 2.45) is 5.73 Å². The Labute approximate surface area is 95.9 Å². The molecule has 0 saturated carbocycles. The summed E-state index contributed by atoms with van der Waals surface area (Å²) in [7, 11) is -4.67. The van der Waals surface area contributed by atoms with Crippen LogP contribution < -0.4 is 5.73 Å². The van der Waals surface area contributed by atoms with Crippen LogP contribution in [0.4, 0.5) is 0 Å². The van der Waals surface area contributed by atoms with E-state index in [0.29, 0.717) is 0 Å². The van der Waals surface area contributed by atoms with Gasteiger partial charge in [-0.25, -0.2) is 0 Å². The zero-order valence-electron chi connectivity index (χ0n) is 9.29. The molecule has 0 heterocycles. The monoisotopic (exact) mass is 247 g/mol. The zero-order chi connectivity index (χ0) is 12.8. The lowest BCUT2D eigenvalue weighted by atomic mass is 10.0. The van der Waals surface area contributed by atoms with Crippen molar-refractivity contribution in [1.29, 1.82) is 0 Å². The molecule has 1 aromatic rings. The van der Waals surface area contributed by atoms with Gasteiger partial charge in [-0.05, 0) is 31.4 Å². The van der Waals surface area contributed by atoms with E-state index < -0.39 is 10.4 Å². The van der Waals surface area contributed by atoms with Gasteiger partial charge >= 0.3 is 10.4 Å². The second-order valence-corrected chi connectivity index (χ2v) is 4.45. The maximum atomic E-state index is 8.74. The minimum absolute atomic E-state index is 0.260. The van der Waals surface area contributed by atoms with Crippen LogP contribution in [0.2, 0.25) is 0 Å². The van der Waals surface area contributed by atoms with Crippen molar-refractivity contribution in [3.8, 4) is 0 Å². The SMILES string of the molecule is Cc1ccccc1CC(C)N.O=S(=O)(O)O. The molecule has 6 heteroatoms. The molecule has 4 N–H and O–H groups in total. The van der Waals surface area contributed by atoms with Crippen molar-refractivity contribution in [3.05, 3.63) is 35.4 Å². The van der Waals surface area contributed by atoms with Crippen LogP contribution in [-0.2, 0) is 16.8 Å². The van der Waals surface area contributed by atoms with Crippen LogP contribution >= 0.6 is 0 Å². The lowest BCUT2D eigenvalue weighted by molar-refractivity contribution is 0.381.